The zero-order valence-corrected chi connectivity index (χ0v) is 9.93. The summed E-state index contributed by atoms with van der Waals surface area (Å²) in [7, 11) is 0. The molecule has 17 heavy (non-hydrogen) atoms. The molecular weight excluding hydrogens is 208 g/mol. The van der Waals surface area contributed by atoms with E-state index in [1.165, 1.54) is 16.7 Å². The summed E-state index contributed by atoms with van der Waals surface area (Å²) in [5.74, 6) is 0.587. The third-order valence-corrected chi connectivity index (χ3v) is 3.51. The minimum absolute atomic E-state index is 0.311. The SMILES string of the molecule is C[C@H]1CNC(c2ccncc2)c2ccccc21. The van der Waals surface area contributed by atoms with Gasteiger partial charge in [0.1, 0.15) is 0 Å². The summed E-state index contributed by atoms with van der Waals surface area (Å²) < 4.78 is 0. The number of benzene rings is 1. The fourth-order valence-electron chi connectivity index (χ4n) is 2.59. The molecule has 2 atom stereocenters. The van der Waals surface area contributed by atoms with E-state index in [2.05, 4.69) is 53.6 Å². The Hall–Kier alpha value is -1.67. The predicted octanol–water partition coefficient (Wildman–Crippen LogP) is 2.88. The maximum absolute atomic E-state index is 4.08. The molecule has 3 rings (SSSR count). The lowest BCUT2D eigenvalue weighted by molar-refractivity contribution is 0.516. The van der Waals surface area contributed by atoms with Crippen molar-refractivity contribution in [2.75, 3.05) is 6.54 Å². The van der Waals surface area contributed by atoms with Crippen LogP contribution in [0.25, 0.3) is 0 Å². The standard InChI is InChI=1S/C15H16N2/c1-11-10-17-15(12-6-8-16-9-7-12)14-5-3-2-4-13(11)14/h2-9,11,15,17H,10H2,1H3/t11-,15?/m0/s1. The molecule has 0 bridgehead atoms. The van der Waals surface area contributed by atoms with Crippen LogP contribution in [0.4, 0.5) is 0 Å². The minimum Gasteiger partial charge on any atom is -0.306 e. The summed E-state index contributed by atoms with van der Waals surface area (Å²) in [5, 5.41) is 3.61. The molecule has 2 heterocycles. The molecule has 2 heteroatoms. The van der Waals surface area contributed by atoms with E-state index in [0.717, 1.165) is 6.54 Å². The first-order valence-electron chi connectivity index (χ1n) is 6.08. The molecule has 0 fully saturated rings. The highest BCUT2D eigenvalue weighted by Crippen LogP contribution is 2.33. The van der Waals surface area contributed by atoms with Crippen molar-refractivity contribution < 1.29 is 0 Å². The van der Waals surface area contributed by atoms with E-state index in [4.69, 9.17) is 0 Å². The van der Waals surface area contributed by atoms with E-state index < -0.39 is 0 Å². The molecule has 1 aliphatic rings. The Morgan fingerprint density at radius 2 is 1.76 bits per heavy atom. The Kier molecular flexibility index (Phi) is 2.65. The smallest absolute Gasteiger partial charge is 0.0580 e. The van der Waals surface area contributed by atoms with E-state index in [0.29, 0.717) is 12.0 Å². The number of hydrogen-bond donors (Lipinski definition) is 1. The average molecular weight is 224 g/mol. The molecule has 0 spiro atoms. The van der Waals surface area contributed by atoms with Crippen LogP contribution >= 0.6 is 0 Å². The molecule has 0 radical (unpaired) electrons. The van der Waals surface area contributed by atoms with Crippen molar-refractivity contribution in [1.29, 1.82) is 0 Å². The van der Waals surface area contributed by atoms with Gasteiger partial charge in [-0.1, -0.05) is 31.2 Å². The lowest BCUT2D eigenvalue weighted by Crippen LogP contribution is -2.32. The van der Waals surface area contributed by atoms with Gasteiger partial charge in [-0.3, -0.25) is 4.98 Å². The molecule has 2 nitrogen and oxygen atoms in total. The summed E-state index contributed by atoms with van der Waals surface area (Å²) in [4.78, 5) is 4.08. The van der Waals surface area contributed by atoms with Gasteiger partial charge >= 0.3 is 0 Å². The quantitative estimate of drug-likeness (QED) is 0.805. The van der Waals surface area contributed by atoms with Crippen LogP contribution in [0.5, 0.6) is 0 Å². The second-order valence-corrected chi connectivity index (χ2v) is 4.65. The van der Waals surface area contributed by atoms with Crippen molar-refractivity contribution >= 4 is 0 Å². The molecular formula is C15H16N2. The van der Waals surface area contributed by atoms with Gasteiger partial charge in [-0.25, -0.2) is 0 Å². The van der Waals surface area contributed by atoms with E-state index in [-0.39, 0.29) is 0 Å². The number of pyridine rings is 1. The van der Waals surface area contributed by atoms with Gasteiger partial charge in [0.15, 0.2) is 0 Å². The van der Waals surface area contributed by atoms with Crippen LogP contribution in [0.15, 0.2) is 48.8 Å². The van der Waals surface area contributed by atoms with Gasteiger partial charge in [-0.2, -0.15) is 0 Å². The number of aromatic nitrogens is 1. The Morgan fingerprint density at radius 1 is 1.06 bits per heavy atom. The van der Waals surface area contributed by atoms with Crippen LogP contribution < -0.4 is 5.32 Å². The second kappa shape index (κ2) is 4.30. The average Bonchev–Trinajstić information content (AvgIpc) is 2.41. The highest BCUT2D eigenvalue weighted by Gasteiger charge is 2.24. The van der Waals surface area contributed by atoms with Crippen molar-refractivity contribution in [3.05, 3.63) is 65.5 Å². The van der Waals surface area contributed by atoms with Gasteiger partial charge in [0.2, 0.25) is 0 Å². The monoisotopic (exact) mass is 224 g/mol. The number of fused-ring (bicyclic) bond motifs is 1. The van der Waals surface area contributed by atoms with Gasteiger partial charge in [0.25, 0.3) is 0 Å². The van der Waals surface area contributed by atoms with Crippen molar-refractivity contribution in [1.82, 2.24) is 10.3 Å². The maximum atomic E-state index is 4.08. The third kappa shape index (κ3) is 1.85. The lowest BCUT2D eigenvalue weighted by atomic mass is 9.85. The molecule has 1 aromatic carbocycles. The summed E-state index contributed by atoms with van der Waals surface area (Å²) in [6.45, 7) is 3.30. The molecule has 1 aromatic heterocycles. The molecule has 1 aliphatic heterocycles. The zero-order valence-electron chi connectivity index (χ0n) is 9.93. The predicted molar refractivity (Wildman–Crippen MR) is 68.9 cm³/mol. The molecule has 2 aromatic rings. The van der Waals surface area contributed by atoms with Crippen LogP contribution in [-0.4, -0.2) is 11.5 Å². The van der Waals surface area contributed by atoms with E-state index in [1.807, 2.05) is 12.4 Å². The van der Waals surface area contributed by atoms with Crippen molar-refractivity contribution in [2.24, 2.45) is 0 Å². The summed E-state index contributed by atoms with van der Waals surface area (Å²) in [5.41, 5.74) is 4.16. The summed E-state index contributed by atoms with van der Waals surface area (Å²) in [6.07, 6.45) is 3.72. The zero-order chi connectivity index (χ0) is 11.7. The van der Waals surface area contributed by atoms with Gasteiger partial charge in [0, 0.05) is 18.9 Å². The van der Waals surface area contributed by atoms with Gasteiger partial charge in [-0.05, 0) is 34.7 Å². The van der Waals surface area contributed by atoms with Crippen molar-refractivity contribution in [2.45, 2.75) is 18.9 Å². The Balaban J connectivity index is 2.07. The van der Waals surface area contributed by atoms with Crippen LogP contribution in [0.2, 0.25) is 0 Å². The maximum Gasteiger partial charge on any atom is 0.0580 e. The molecule has 86 valence electrons. The van der Waals surface area contributed by atoms with Gasteiger partial charge in [0.05, 0.1) is 6.04 Å². The lowest BCUT2D eigenvalue weighted by Gasteiger charge is -2.31. The molecule has 0 saturated heterocycles. The fraction of sp³-hybridized carbons (Fsp3) is 0.267. The van der Waals surface area contributed by atoms with Crippen molar-refractivity contribution in [3.63, 3.8) is 0 Å². The number of rotatable bonds is 1. The highest BCUT2D eigenvalue weighted by atomic mass is 14.9. The van der Waals surface area contributed by atoms with E-state index in [9.17, 15) is 0 Å². The Morgan fingerprint density at radius 3 is 2.53 bits per heavy atom. The molecule has 1 N–H and O–H groups in total. The highest BCUT2D eigenvalue weighted by molar-refractivity contribution is 5.40. The van der Waals surface area contributed by atoms with Crippen LogP contribution in [0.3, 0.4) is 0 Å². The molecule has 0 saturated carbocycles. The number of nitrogens with zero attached hydrogens (tertiary/aromatic N) is 1. The van der Waals surface area contributed by atoms with Crippen molar-refractivity contribution in [3.8, 4) is 0 Å². The first-order valence-corrected chi connectivity index (χ1v) is 6.08. The summed E-state index contributed by atoms with van der Waals surface area (Å²) in [6, 6.07) is 13.2. The topological polar surface area (TPSA) is 24.9 Å². The first kappa shape index (κ1) is 10.5. The van der Waals surface area contributed by atoms with E-state index >= 15 is 0 Å². The Labute approximate surface area is 102 Å². The first-order chi connectivity index (χ1) is 8.36. The Bertz CT molecular complexity index is 507. The van der Waals surface area contributed by atoms with E-state index in [1.54, 1.807) is 0 Å². The third-order valence-electron chi connectivity index (χ3n) is 3.51. The molecule has 0 aliphatic carbocycles. The minimum atomic E-state index is 0.311. The second-order valence-electron chi connectivity index (χ2n) is 4.65. The van der Waals surface area contributed by atoms with Gasteiger partial charge in [-0.15, -0.1) is 0 Å². The van der Waals surface area contributed by atoms with Gasteiger partial charge < -0.3 is 5.32 Å². The molecule has 1 unspecified atom stereocenters. The fourth-order valence-corrected chi connectivity index (χ4v) is 2.59. The van der Waals surface area contributed by atoms with Crippen LogP contribution in [0.1, 0.15) is 35.6 Å². The molecule has 0 amide bonds. The summed E-state index contributed by atoms with van der Waals surface area (Å²) >= 11 is 0. The largest absolute Gasteiger partial charge is 0.306 e. The number of hydrogen-bond acceptors (Lipinski definition) is 2. The van der Waals surface area contributed by atoms with Crippen LogP contribution in [0, 0.1) is 0 Å². The van der Waals surface area contributed by atoms with Crippen LogP contribution in [-0.2, 0) is 0 Å². The number of nitrogens with one attached hydrogen (secondary N) is 1. The normalized spacial score (nSPS) is 23.1.